The lowest BCUT2D eigenvalue weighted by molar-refractivity contribution is -0.140. The monoisotopic (exact) mass is 369 g/mol. The van der Waals surface area contributed by atoms with Crippen LogP contribution in [0.1, 0.15) is 13.8 Å². The van der Waals surface area contributed by atoms with Crippen LogP contribution in [0.15, 0.2) is 27.6 Å². The molecule has 0 aromatic heterocycles. The van der Waals surface area contributed by atoms with E-state index in [1.54, 1.807) is 13.8 Å². The summed E-state index contributed by atoms with van der Waals surface area (Å²) in [6.07, 6.45) is 0. The summed E-state index contributed by atoms with van der Waals surface area (Å²) in [7, 11) is -3.96. The first-order valence-corrected chi connectivity index (χ1v) is 8.00. The largest absolute Gasteiger partial charge is 0.480 e. The second-order valence-corrected chi connectivity index (χ2v) is 7.23. The van der Waals surface area contributed by atoms with E-state index < -0.39 is 22.0 Å². The molecule has 0 aliphatic rings. The molecule has 1 atom stereocenters. The maximum atomic E-state index is 12.2. The number of carboxylic acid groups (broad SMARTS) is 1. The molecule has 1 aromatic carbocycles. The van der Waals surface area contributed by atoms with Gasteiger partial charge in [0.25, 0.3) is 0 Å². The summed E-state index contributed by atoms with van der Waals surface area (Å²) in [6.45, 7) is 3.24. The first-order chi connectivity index (χ1) is 8.65. The molecule has 0 saturated carbocycles. The number of carboxylic acids is 1. The van der Waals surface area contributed by atoms with E-state index in [1.807, 2.05) is 0 Å². The fourth-order valence-corrected chi connectivity index (χ4v) is 3.95. The Morgan fingerprint density at radius 1 is 1.42 bits per heavy atom. The third-order valence-corrected chi connectivity index (χ3v) is 5.07. The fourth-order valence-electron chi connectivity index (χ4n) is 1.39. The van der Waals surface area contributed by atoms with Gasteiger partial charge in [-0.2, -0.15) is 4.72 Å². The number of hydrogen-bond acceptors (Lipinski definition) is 3. The third-order valence-electron chi connectivity index (χ3n) is 2.40. The van der Waals surface area contributed by atoms with E-state index in [0.717, 1.165) is 0 Å². The maximum absolute atomic E-state index is 12.2. The van der Waals surface area contributed by atoms with Crippen molar-refractivity contribution in [3.05, 3.63) is 27.7 Å². The van der Waals surface area contributed by atoms with Crippen LogP contribution < -0.4 is 4.72 Å². The van der Waals surface area contributed by atoms with E-state index in [9.17, 15) is 13.2 Å². The Bertz CT molecular complexity index is 588. The Morgan fingerprint density at radius 3 is 2.47 bits per heavy atom. The second kappa shape index (κ2) is 6.21. The first kappa shape index (κ1) is 16.4. The van der Waals surface area contributed by atoms with Crippen LogP contribution in [0, 0.1) is 5.92 Å². The minimum absolute atomic E-state index is 0.0908. The second-order valence-electron chi connectivity index (χ2n) is 4.26. The lowest BCUT2D eigenvalue weighted by atomic mass is 10.1. The molecule has 19 heavy (non-hydrogen) atoms. The minimum atomic E-state index is -3.96. The molecule has 1 unspecified atom stereocenters. The van der Waals surface area contributed by atoms with Gasteiger partial charge in [0.05, 0.1) is 4.90 Å². The van der Waals surface area contributed by atoms with Crippen LogP contribution in [0.3, 0.4) is 0 Å². The summed E-state index contributed by atoms with van der Waals surface area (Å²) < 4.78 is 26.8. The van der Waals surface area contributed by atoms with Crippen molar-refractivity contribution in [1.82, 2.24) is 4.72 Å². The van der Waals surface area contributed by atoms with E-state index in [0.29, 0.717) is 4.47 Å². The Labute approximate surface area is 125 Å². The van der Waals surface area contributed by atoms with Crippen LogP contribution in [-0.2, 0) is 14.8 Å². The van der Waals surface area contributed by atoms with Gasteiger partial charge in [0.15, 0.2) is 0 Å². The zero-order valence-corrected chi connectivity index (χ0v) is 13.4. The number of halogens is 2. The van der Waals surface area contributed by atoms with Gasteiger partial charge in [-0.3, -0.25) is 4.79 Å². The number of nitrogens with one attached hydrogen (secondary N) is 1. The Balaban J connectivity index is 3.17. The van der Waals surface area contributed by atoms with E-state index >= 15 is 0 Å². The normalized spacial score (nSPS) is 13.5. The third kappa shape index (κ3) is 4.17. The highest BCUT2D eigenvalue weighted by Gasteiger charge is 2.29. The average Bonchev–Trinajstić information content (AvgIpc) is 2.28. The molecule has 106 valence electrons. The highest BCUT2D eigenvalue weighted by molar-refractivity contribution is 9.10. The number of carbonyl (C=O) groups is 1. The SMILES string of the molecule is CC(C)C(NS(=O)(=O)c1cc(Cl)ccc1Br)C(=O)O. The van der Waals surface area contributed by atoms with Crippen molar-refractivity contribution < 1.29 is 18.3 Å². The van der Waals surface area contributed by atoms with Crippen molar-refractivity contribution in [1.29, 1.82) is 0 Å². The maximum Gasteiger partial charge on any atom is 0.322 e. The molecule has 2 N–H and O–H groups in total. The molecule has 1 rings (SSSR count). The quantitative estimate of drug-likeness (QED) is 0.834. The lowest BCUT2D eigenvalue weighted by Crippen LogP contribution is -2.44. The molecule has 0 bridgehead atoms. The highest BCUT2D eigenvalue weighted by Crippen LogP contribution is 2.25. The predicted molar refractivity (Wildman–Crippen MR) is 75.7 cm³/mol. The molecule has 0 saturated heterocycles. The van der Waals surface area contributed by atoms with Crippen molar-refractivity contribution in [2.75, 3.05) is 0 Å². The zero-order chi connectivity index (χ0) is 14.8. The highest BCUT2D eigenvalue weighted by atomic mass is 79.9. The first-order valence-electron chi connectivity index (χ1n) is 5.35. The van der Waals surface area contributed by atoms with Crippen LogP contribution in [-0.4, -0.2) is 25.5 Å². The van der Waals surface area contributed by atoms with Gasteiger partial charge in [-0.1, -0.05) is 25.4 Å². The Hall–Kier alpha value is -0.630. The molecular formula is C11H13BrClNO4S. The van der Waals surface area contributed by atoms with Gasteiger partial charge in [0.1, 0.15) is 6.04 Å². The molecule has 0 radical (unpaired) electrons. The van der Waals surface area contributed by atoms with Crippen molar-refractivity contribution in [2.24, 2.45) is 5.92 Å². The van der Waals surface area contributed by atoms with Gasteiger partial charge in [0, 0.05) is 9.50 Å². The van der Waals surface area contributed by atoms with E-state index in [-0.39, 0.29) is 15.8 Å². The zero-order valence-electron chi connectivity index (χ0n) is 10.2. The van der Waals surface area contributed by atoms with Crippen molar-refractivity contribution in [2.45, 2.75) is 24.8 Å². The lowest BCUT2D eigenvalue weighted by Gasteiger charge is -2.18. The molecule has 0 aliphatic heterocycles. The minimum Gasteiger partial charge on any atom is -0.480 e. The van der Waals surface area contributed by atoms with Crippen LogP contribution in [0.2, 0.25) is 5.02 Å². The van der Waals surface area contributed by atoms with Gasteiger partial charge < -0.3 is 5.11 Å². The molecule has 0 heterocycles. The van der Waals surface area contributed by atoms with Gasteiger partial charge in [-0.15, -0.1) is 0 Å². The summed E-state index contributed by atoms with van der Waals surface area (Å²) in [5.74, 6) is -1.61. The van der Waals surface area contributed by atoms with Crippen molar-refractivity contribution in [3.63, 3.8) is 0 Å². The molecule has 0 fully saturated rings. The molecule has 8 heteroatoms. The number of benzene rings is 1. The Kier molecular flexibility index (Phi) is 5.37. The van der Waals surface area contributed by atoms with Crippen molar-refractivity contribution in [3.8, 4) is 0 Å². The van der Waals surface area contributed by atoms with Crippen LogP contribution in [0.4, 0.5) is 0 Å². The van der Waals surface area contributed by atoms with Gasteiger partial charge in [0.2, 0.25) is 10.0 Å². The topological polar surface area (TPSA) is 83.5 Å². The van der Waals surface area contributed by atoms with Gasteiger partial charge in [-0.05, 0) is 40.0 Å². The molecule has 0 spiro atoms. The van der Waals surface area contributed by atoms with Crippen LogP contribution in [0.5, 0.6) is 0 Å². The Morgan fingerprint density at radius 2 is 2.00 bits per heavy atom. The van der Waals surface area contributed by atoms with E-state index in [1.165, 1.54) is 18.2 Å². The summed E-state index contributed by atoms with van der Waals surface area (Å²) in [5, 5.41) is 9.26. The number of hydrogen-bond donors (Lipinski definition) is 2. The van der Waals surface area contributed by atoms with E-state index in [4.69, 9.17) is 16.7 Å². The van der Waals surface area contributed by atoms with Gasteiger partial charge in [-0.25, -0.2) is 8.42 Å². The summed E-state index contributed by atoms with van der Waals surface area (Å²) in [4.78, 5) is 10.9. The molecular weight excluding hydrogens is 358 g/mol. The molecule has 0 amide bonds. The van der Waals surface area contributed by atoms with E-state index in [2.05, 4.69) is 20.7 Å². The summed E-state index contributed by atoms with van der Waals surface area (Å²) in [5.41, 5.74) is 0. The predicted octanol–water partition coefficient (Wildman–Crippen LogP) is 2.49. The van der Waals surface area contributed by atoms with Gasteiger partial charge >= 0.3 is 5.97 Å². The summed E-state index contributed by atoms with van der Waals surface area (Å²) >= 11 is 8.86. The fraction of sp³-hybridized carbons (Fsp3) is 0.364. The van der Waals surface area contributed by atoms with Crippen LogP contribution >= 0.6 is 27.5 Å². The van der Waals surface area contributed by atoms with Crippen molar-refractivity contribution >= 4 is 43.5 Å². The average molecular weight is 371 g/mol. The standard InChI is InChI=1S/C11H13BrClNO4S/c1-6(2)10(11(15)16)14-19(17,18)9-5-7(13)3-4-8(9)12/h3-6,10,14H,1-2H3,(H,15,16). The smallest absolute Gasteiger partial charge is 0.322 e. The number of sulfonamides is 1. The molecule has 0 aliphatic carbocycles. The molecule has 5 nitrogen and oxygen atoms in total. The van der Waals surface area contributed by atoms with Crippen LogP contribution in [0.25, 0.3) is 0 Å². The number of rotatable bonds is 5. The number of aliphatic carboxylic acids is 1. The molecule has 1 aromatic rings. The summed E-state index contributed by atoms with van der Waals surface area (Å²) in [6, 6.07) is 3.08.